The van der Waals surface area contributed by atoms with E-state index < -0.39 is 0 Å². The molecule has 1 aromatic carbocycles. The van der Waals surface area contributed by atoms with Gasteiger partial charge in [0.05, 0.1) is 5.69 Å². The molecule has 0 bridgehead atoms. The molecule has 3 rings (SSSR count). The van der Waals surface area contributed by atoms with E-state index in [9.17, 15) is 0 Å². The number of ether oxygens (including phenoxy) is 1. The van der Waals surface area contributed by atoms with Crippen molar-refractivity contribution in [3.63, 3.8) is 0 Å². The average molecular weight is 326 g/mol. The van der Waals surface area contributed by atoms with Crippen LogP contribution in [0.2, 0.25) is 0 Å². The number of benzene rings is 1. The van der Waals surface area contributed by atoms with Crippen LogP contribution in [0.15, 0.2) is 48.7 Å². The number of hydrogen-bond acceptors (Lipinski definition) is 4. The normalized spacial score (nSPS) is 18.0. The number of aromatic nitrogens is 1. The Morgan fingerprint density at radius 1 is 1.17 bits per heavy atom. The fourth-order valence-corrected chi connectivity index (χ4v) is 3.39. The van der Waals surface area contributed by atoms with Crippen LogP contribution < -0.4 is 4.74 Å². The molecular weight excluding hydrogens is 300 g/mol. The Morgan fingerprint density at radius 2 is 2.04 bits per heavy atom. The Labute approximate surface area is 144 Å². The van der Waals surface area contributed by atoms with Crippen LogP contribution in [0.3, 0.4) is 0 Å². The highest BCUT2D eigenvalue weighted by Gasteiger charge is 2.24. The summed E-state index contributed by atoms with van der Waals surface area (Å²) in [5, 5.41) is 9.08. The summed E-state index contributed by atoms with van der Waals surface area (Å²) in [5.74, 6) is 0.941. The van der Waals surface area contributed by atoms with Crippen LogP contribution in [0, 0.1) is 0 Å². The lowest BCUT2D eigenvalue weighted by Crippen LogP contribution is -2.29. The molecule has 1 atom stereocenters. The lowest BCUT2D eigenvalue weighted by atomic mass is 10.1. The summed E-state index contributed by atoms with van der Waals surface area (Å²) < 4.78 is 6.02. The van der Waals surface area contributed by atoms with Gasteiger partial charge in [0.2, 0.25) is 0 Å². The molecule has 2 heterocycles. The van der Waals surface area contributed by atoms with Gasteiger partial charge in [-0.05, 0) is 50.4 Å². The molecule has 1 fully saturated rings. The van der Waals surface area contributed by atoms with E-state index in [0.717, 1.165) is 37.4 Å². The summed E-state index contributed by atoms with van der Waals surface area (Å²) in [4.78, 5) is 6.84. The Bertz CT molecular complexity index is 618. The standard InChI is InChI=1S/C20H26N2O2/c23-14-6-10-19-9-5-13-22(19)15-17-7-1-2-11-20(17)24-16-18-8-3-4-12-21-18/h1-4,7-8,11-12,19,23H,5-6,9-10,13-16H2. The highest BCUT2D eigenvalue weighted by molar-refractivity contribution is 5.33. The van der Waals surface area contributed by atoms with Crippen molar-refractivity contribution in [1.29, 1.82) is 0 Å². The Kier molecular flexibility index (Phi) is 6.21. The van der Waals surface area contributed by atoms with Gasteiger partial charge in [0.1, 0.15) is 12.4 Å². The Balaban J connectivity index is 1.63. The molecule has 0 radical (unpaired) electrons. The van der Waals surface area contributed by atoms with Crippen LogP contribution >= 0.6 is 0 Å². The smallest absolute Gasteiger partial charge is 0.130 e. The number of pyridine rings is 1. The molecular formula is C20H26N2O2. The number of likely N-dealkylation sites (tertiary alicyclic amines) is 1. The summed E-state index contributed by atoms with van der Waals surface area (Å²) in [6.07, 6.45) is 6.23. The molecule has 1 aliphatic rings. The Hall–Kier alpha value is -1.91. The predicted octanol–water partition coefficient (Wildman–Crippen LogP) is 3.40. The summed E-state index contributed by atoms with van der Waals surface area (Å²) in [7, 11) is 0. The number of aliphatic hydroxyl groups excluding tert-OH is 1. The minimum absolute atomic E-state index is 0.286. The van der Waals surface area contributed by atoms with Crippen molar-refractivity contribution in [2.45, 2.75) is 44.9 Å². The summed E-state index contributed by atoms with van der Waals surface area (Å²) in [6, 6.07) is 14.7. The van der Waals surface area contributed by atoms with Crippen LogP contribution in [0.5, 0.6) is 5.75 Å². The van der Waals surface area contributed by atoms with Crippen LogP contribution in [0.4, 0.5) is 0 Å². The first-order valence-electron chi connectivity index (χ1n) is 8.82. The van der Waals surface area contributed by atoms with Gasteiger partial charge >= 0.3 is 0 Å². The number of nitrogens with zero attached hydrogens (tertiary/aromatic N) is 2. The van der Waals surface area contributed by atoms with E-state index in [4.69, 9.17) is 9.84 Å². The maximum Gasteiger partial charge on any atom is 0.130 e. The molecule has 4 nitrogen and oxygen atoms in total. The van der Waals surface area contributed by atoms with E-state index in [0.29, 0.717) is 12.6 Å². The zero-order chi connectivity index (χ0) is 16.6. The third kappa shape index (κ3) is 4.56. The van der Waals surface area contributed by atoms with Crippen LogP contribution in [-0.4, -0.2) is 34.2 Å². The third-order valence-electron chi connectivity index (χ3n) is 4.64. The van der Waals surface area contributed by atoms with Crippen molar-refractivity contribution >= 4 is 0 Å². The molecule has 0 spiro atoms. The molecule has 1 aliphatic heterocycles. The maximum absolute atomic E-state index is 9.08. The summed E-state index contributed by atoms with van der Waals surface area (Å²) >= 11 is 0. The zero-order valence-corrected chi connectivity index (χ0v) is 14.1. The maximum atomic E-state index is 9.08. The lowest BCUT2D eigenvalue weighted by molar-refractivity contribution is 0.206. The van der Waals surface area contributed by atoms with E-state index in [1.807, 2.05) is 30.3 Å². The van der Waals surface area contributed by atoms with Crippen molar-refractivity contribution in [3.8, 4) is 5.75 Å². The topological polar surface area (TPSA) is 45.6 Å². The molecule has 1 N–H and O–H groups in total. The quantitative estimate of drug-likeness (QED) is 0.807. The SMILES string of the molecule is OCCCC1CCCN1Cc1ccccc1OCc1ccccn1. The van der Waals surface area contributed by atoms with Gasteiger partial charge in [0, 0.05) is 31.0 Å². The fraction of sp³-hybridized carbons (Fsp3) is 0.450. The van der Waals surface area contributed by atoms with Gasteiger partial charge in [-0.25, -0.2) is 0 Å². The minimum atomic E-state index is 0.286. The predicted molar refractivity (Wildman–Crippen MR) is 94.8 cm³/mol. The second kappa shape index (κ2) is 8.81. The first-order valence-corrected chi connectivity index (χ1v) is 8.82. The van der Waals surface area contributed by atoms with Gasteiger partial charge in [-0.1, -0.05) is 24.3 Å². The monoisotopic (exact) mass is 326 g/mol. The molecule has 1 unspecified atom stereocenters. The molecule has 0 amide bonds. The van der Waals surface area contributed by atoms with Crippen molar-refractivity contribution < 1.29 is 9.84 Å². The molecule has 24 heavy (non-hydrogen) atoms. The molecule has 1 saturated heterocycles. The molecule has 128 valence electrons. The zero-order valence-electron chi connectivity index (χ0n) is 14.1. The second-order valence-electron chi connectivity index (χ2n) is 6.35. The first-order chi connectivity index (χ1) is 11.9. The van der Waals surface area contributed by atoms with Crippen LogP contribution in [0.25, 0.3) is 0 Å². The number of aliphatic hydroxyl groups is 1. The second-order valence-corrected chi connectivity index (χ2v) is 6.35. The van der Waals surface area contributed by atoms with Gasteiger partial charge < -0.3 is 9.84 Å². The Morgan fingerprint density at radius 3 is 2.88 bits per heavy atom. The first kappa shape index (κ1) is 16.9. The van der Waals surface area contributed by atoms with Gasteiger partial charge in [0.25, 0.3) is 0 Å². The van der Waals surface area contributed by atoms with Gasteiger partial charge in [-0.3, -0.25) is 9.88 Å². The van der Waals surface area contributed by atoms with Crippen molar-refractivity contribution in [3.05, 3.63) is 59.9 Å². The summed E-state index contributed by atoms with van der Waals surface area (Å²) in [5.41, 5.74) is 2.17. The fourth-order valence-electron chi connectivity index (χ4n) is 3.39. The lowest BCUT2D eigenvalue weighted by Gasteiger charge is -2.25. The average Bonchev–Trinajstić information content (AvgIpc) is 3.07. The third-order valence-corrected chi connectivity index (χ3v) is 4.64. The minimum Gasteiger partial charge on any atom is -0.487 e. The van der Waals surface area contributed by atoms with Crippen molar-refractivity contribution in [2.75, 3.05) is 13.2 Å². The van der Waals surface area contributed by atoms with E-state index in [-0.39, 0.29) is 6.61 Å². The largest absolute Gasteiger partial charge is 0.487 e. The number of rotatable bonds is 8. The van der Waals surface area contributed by atoms with Crippen LogP contribution in [0.1, 0.15) is 36.9 Å². The van der Waals surface area contributed by atoms with Gasteiger partial charge in [0.15, 0.2) is 0 Å². The molecule has 0 aliphatic carbocycles. The molecule has 2 aromatic rings. The van der Waals surface area contributed by atoms with Crippen molar-refractivity contribution in [2.24, 2.45) is 0 Å². The van der Waals surface area contributed by atoms with E-state index in [2.05, 4.69) is 22.0 Å². The highest BCUT2D eigenvalue weighted by Crippen LogP contribution is 2.27. The summed E-state index contributed by atoms with van der Waals surface area (Å²) in [6.45, 7) is 2.82. The molecule has 4 heteroatoms. The van der Waals surface area contributed by atoms with E-state index in [1.165, 1.54) is 18.4 Å². The van der Waals surface area contributed by atoms with Gasteiger partial charge in [-0.2, -0.15) is 0 Å². The molecule has 0 saturated carbocycles. The van der Waals surface area contributed by atoms with E-state index >= 15 is 0 Å². The van der Waals surface area contributed by atoms with Crippen molar-refractivity contribution in [1.82, 2.24) is 9.88 Å². The highest BCUT2D eigenvalue weighted by atomic mass is 16.5. The molecule has 1 aromatic heterocycles. The number of para-hydroxylation sites is 1. The van der Waals surface area contributed by atoms with Crippen LogP contribution in [-0.2, 0) is 13.2 Å². The van der Waals surface area contributed by atoms with Gasteiger partial charge in [-0.15, -0.1) is 0 Å². The number of hydrogen-bond donors (Lipinski definition) is 1. The van der Waals surface area contributed by atoms with E-state index in [1.54, 1.807) is 6.20 Å².